The summed E-state index contributed by atoms with van der Waals surface area (Å²) in [6.45, 7) is 8.92. The maximum Gasteiger partial charge on any atom is 0.191 e. The number of hydrogen-bond acceptors (Lipinski definition) is 3. The number of ether oxygens (including phenoxy) is 2. The fourth-order valence-electron chi connectivity index (χ4n) is 1.45. The van der Waals surface area contributed by atoms with Crippen LogP contribution >= 0.6 is 24.0 Å². The molecule has 0 aromatic rings. The molecule has 0 aromatic heterocycles. The Hall–Kier alpha value is -0.0800. The molecule has 0 aliphatic heterocycles. The summed E-state index contributed by atoms with van der Waals surface area (Å²) >= 11 is 0. The maximum absolute atomic E-state index is 5.27. The summed E-state index contributed by atoms with van der Waals surface area (Å²) in [5.74, 6) is 0.879. The maximum atomic E-state index is 5.27. The van der Waals surface area contributed by atoms with Gasteiger partial charge in [0.1, 0.15) is 0 Å². The Labute approximate surface area is 134 Å². The summed E-state index contributed by atoms with van der Waals surface area (Å²) < 4.78 is 10.3. The van der Waals surface area contributed by atoms with Crippen molar-refractivity contribution in [2.45, 2.75) is 33.1 Å². The van der Waals surface area contributed by atoms with Crippen LogP contribution in [0, 0.1) is 0 Å². The molecule has 0 radical (unpaired) electrons. The molecule has 0 aromatic carbocycles. The third-order valence-corrected chi connectivity index (χ3v) is 2.36. The monoisotopic (exact) mass is 387 g/mol. The number of halogens is 1. The van der Waals surface area contributed by atoms with Gasteiger partial charge in [-0.05, 0) is 33.1 Å². The lowest BCUT2D eigenvalue weighted by Crippen LogP contribution is -2.39. The van der Waals surface area contributed by atoms with Gasteiger partial charge >= 0.3 is 0 Å². The van der Waals surface area contributed by atoms with Gasteiger partial charge in [0.25, 0.3) is 0 Å². The van der Waals surface area contributed by atoms with Gasteiger partial charge in [-0.1, -0.05) is 0 Å². The van der Waals surface area contributed by atoms with E-state index >= 15 is 0 Å². The molecule has 0 fully saturated rings. The third kappa shape index (κ3) is 15.9. The zero-order valence-corrected chi connectivity index (χ0v) is 14.9. The summed E-state index contributed by atoms with van der Waals surface area (Å²) in [6.07, 6.45) is 3.38. The second kappa shape index (κ2) is 17.9. The number of guanidine groups is 1. The molecule has 2 N–H and O–H groups in total. The molecule has 0 rings (SSSR count). The molecule has 0 saturated heterocycles. The van der Waals surface area contributed by atoms with Crippen LogP contribution in [0.25, 0.3) is 0 Å². The van der Waals surface area contributed by atoms with Gasteiger partial charge in [-0.25, -0.2) is 0 Å². The first-order valence-electron chi connectivity index (χ1n) is 6.94. The highest BCUT2D eigenvalue weighted by atomic mass is 127. The van der Waals surface area contributed by atoms with Gasteiger partial charge in [-0.15, -0.1) is 24.0 Å². The Kier molecular flexibility index (Phi) is 20.0. The van der Waals surface area contributed by atoms with Crippen molar-refractivity contribution in [1.82, 2.24) is 10.6 Å². The van der Waals surface area contributed by atoms with E-state index in [0.29, 0.717) is 0 Å². The number of unbranched alkanes of at least 4 members (excludes halogenated alkanes) is 2. The molecule has 19 heavy (non-hydrogen) atoms. The van der Waals surface area contributed by atoms with E-state index < -0.39 is 0 Å². The molecule has 0 atom stereocenters. The van der Waals surface area contributed by atoms with Gasteiger partial charge in [0.05, 0.1) is 6.61 Å². The molecule has 0 aliphatic rings. The molecule has 0 saturated carbocycles. The van der Waals surface area contributed by atoms with Crippen LogP contribution in [0.15, 0.2) is 4.99 Å². The lowest BCUT2D eigenvalue weighted by Gasteiger charge is -2.11. The van der Waals surface area contributed by atoms with E-state index in [1.54, 1.807) is 7.11 Å². The van der Waals surface area contributed by atoms with E-state index in [9.17, 15) is 0 Å². The van der Waals surface area contributed by atoms with Crippen LogP contribution in [-0.2, 0) is 9.47 Å². The Bertz CT molecular complexity index is 204. The first-order chi connectivity index (χ1) is 8.85. The Morgan fingerprint density at radius 2 is 1.84 bits per heavy atom. The Morgan fingerprint density at radius 1 is 1.05 bits per heavy atom. The van der Waals surface area contributed by atoms with Crippen LogP contribution in [0.4, 0.5) is 0 Å². The fraction of sp³-hybridized carbons (Fsp3) is 0.923. The summed E-state index contributed by atoms with van der Waals surface area (Å²) in [4.78, 5) is 4.51. The molecule has 6 heteroatoms. The van der Waals surface area contributed by atoms with Crippen LogP contribution in [0.5, 0.6) is 0 Å². The van der Waals surface area contributed by atoms with Crippen LogP contribution in [0.2, 0.25) is 0 Å². The lowest BCUT2D eigenvalue weighted by molar-refractivity contribution is 0.152. The minimum Gasteiger partial charge on any atom is -0.385 e. The summed E-state index contributed by atoms with van der Waals surface area (Å²) in [5, 5.41) is 6.47. The molecule has 0 bridgehead atoms. The van der Waals surface area contributed by atoms with Crippen molar-refractivity contribution < 1.29 is 9.47 Å². The summed E-state index contributed by atoms with van der Waals surface area (Å²) in [7, 11) is 1.74. The normalized spacial score (nSPS) is 11.0. The first kappa shape index (κ1) is 21.2. The molecule has 0 spiro atoms. The van der Waals surface area contributed by atoms with Gasteiger partial charge in [-0.3, -0.25) is 4.99 Å². The van der Waals surface area contributed by atoms with E-state index in [0.717, 1.165) is 64.7 Å². The van der Waals surface area contributed by atoms with Crippen molar-refractivity contribution in [3.05, 3.63) is 0 Å². The SMILES string of the molecule is CCNC(=NCCCCCOC)NCCOCC.I. The second-order valence-corrected chi connectivity index (χ2v) is 3.94. The molecule has 116 valence electrons. The van der Waals surface area contributed by atoms with Gasteiger partial charge in [-0.2, -0.15) is 0 Å². The van der Waals surface area contributed by atoms with Crippen LogP contribution in [-0.4, -0.2) is 52.5 Å². The average molecular weight is 387 g/mol. The van der Waals surface area contributed by atoms with Crippen molar-refractivity contribution in [3.8, 4) is 0 Å². The topological polar surface area (TPSA) is 54.9 Å². The predicted octanol–water partition coefficient (Wildman–Crippen LogP) is 2.01. The zero-order valence-electron chi connectivity index (χ0n) is 12.5. The van der Waals surface area contributed by atoms with Gasteiger partial charge in [0, 0.05) is 40.0 Å². The highest BCUT2D eigenvalue weighted by Gasteiger charge is 1.96. The molecule has 0 unspecified atom stereocenters. The van der Waals surface area contributed by atoms with Crippen molar-refractivity contribution >= 4 is 29.9 Å². The minimum atomic E-state index is 0. The molecule has 0 heterocycles. The Morgan fingerprint density at radius 3 is 2.47 bits per heavy atom. The highest BCUT2D eigenvalue weighted by molar-refractivity contribution is 14.0. The van der Waals surface area contributed by atoms with Gasteiger partial charge in [0.2, 0.25) is 0 Å². The third-order valence-electron chi connectivity index (χ3n) is 2.36. The number of nitrogens with one attached hydrogen (secondary N) is 2. The number of rotatable bonds is 11. The van der Waals surface area contributed by atoms with E-state index in [-0.39, 0.29) is 24.0 Å². The molecule has 0 amide bonds. The van der Waals surface area contributed by atoms with Crippen molar-refractivity contribution in [2.24, 2.45) is 4.99 Å². The number of aliphatic imine (C=N–C) groups is 1. The van der Waals surface area contributed by atoms with Crippen molar-refractivity contribution in [3.63, 3.8) is 0 Å². The second-order valence-electron chi connectivity index (χ2n) is 3.94. The molecular weight excluding hydrogens is 357 g/mol. The quantitative estimate of drug-likeness (QED) is 0.247. The predicted molar refractivity (Wildman–Crippen MR) is 91.6 cm³/mol. The largest absolute Gasteiger partial charge is 0.385 e. The van der Waals surface area contributed by atoms with Crippen LogP contribution < -0.4 is 10.6 Å². The molecular formula is C13H30IN3O2. The Balaban J connectivity index is 0. The van der Waals surface area contributed by atoms with Gasteiger partial charge < -0.3 is 20.1 Å². The van der Waals surface area contributed by atoms with Crippen LogP contribution in [0.3, 0.4) is 0 Å². The number of hydrogen-bond donors (Lipinski definition) is 2. The smallest absolute Gasteiger partial charge is 0.191 e. The van der Waals surface area contributed by atoms with E-state index in [4.69, 9.17) is 9.47 Å². The summed E-state index contributed by atoms with van der Waals surface area (Å²) in [5.41, 5.74) is 0. The van der Waals surface area contributed by atoms with Crippen molar-refractivity contribution in [1.29, 1.82) is 0 Å². The van der Waals surface area contributed by atoms with Gasteiger partial charge in [0.15, 0.2) is 5.96 Å². The lowest BCUT2D eigenvalue weighted by atomic mass is 10.2. The number of methoxy groups -OCH3 is 1. The summed E-state index contributed by atoms with van der Waals surface area (Å²) in [6, 6.07) is 0. The standard InChI is InChI=1S/C13H29N3O2.HI/c1-4-14-13(16-10-12-18-5-2)15-9-7-6-8-11-17-3;/h4-12H2,1-3H3,(H2,14,15,16);1H. The zero-order chi connectivity index (χ0) is 13.5. The van der Waals surface area contributed by atoms with E-state index in [1.807, 2.05) is 6.92 Å². The number of nitrogens with zero attached hydrogens (tertiary/aromatic N) is 1. The average Bonchev–Trinajstić information content (AvgIpc) is 2.38. The fourth-order valence-corrected chi connectivity index (χ4v) is 1.45. The first-order valence-corrected chi connectivity index (χ1v) is 6.94. The molecule has 5 nitrogen and oxygen atoms in total. The van der Waals surface area contributed by atoms with Crippen molar-refractivity contribution in [2.75, 3.05) is 46.6 Å². The van der Waals surface area contributed by atoms with Crippen LogP contribution in [0.1, 0.15) is 33.1 Å². The van der Waals surface area contributed by atoms with E-state index in [1.165, 1.54) is 0 Å². The highest BCUT2D eigenvalue weighted by Crippen LogP contribution is 1.95. The molecule has 0 aliphatic carbocycles. The minimum absolute atomic E-state index is 0. The van der Waals surface area contributed by atoms with E-state index in [2.05, 4.69) is 22.5 Å².